The van der Waals surface area contributed by atoms with E-state index >= 15 is 0 Å². The summed E-state index contributed by atoms with van der Waals surface area (Å²) in [5, 5.41) is 5.38. The number of hydrogen-bond donors (Lipinski definition) is 1. The third-order valence-corrected chi connectivity index (χ3v) is 4.71. The van der Waals surface area contributed by atoms with Gasteiger partial charge in [-0.25, -0.2) is 0 Å². The molecule has 0 radical (unpaired) electrons. The van der Waals surface area contributed by atoms with Crippen molar-refractivity contribution in [2.24, 2.45) is 16.8 Å². The summed E-state index contributed by atoms with van der Waals surface area (Å²) in [5.41, 5.74) is 0. The number of aliphatic imine (C=N–C) groups is 1. The molecule has 0 saturated carbocycles. The van der Waals surface area contributed by atoms with Crippen molar-refractivity contribution in [3.8, 4) is 0 Å². The van der Waals surface area contributed by atoms with Crippen molar-refractivity contribution >= 4 is 16.9 Å². The highest BCUT2D eigenvalue weighted by atomic mass is 32.2. The summed E-state index contributed by atoms with van der Waals surface area (Å²) in [6.07, 6.45) is 2.50. The number of hydrogen-bond acceptors (Lipinski definition) is 3. The first-order chi connectivity index (χ1) is 7.52. The summed E-state index contributed by atoms with van der Waals surface area (Å²) >= 11 is 1.92. The van der Waals surface area contributed by atoms with Crippen molar-refractivity contribution < 1.29 is 0 Å². The lowest BCUT2D eigenvalue weighted by Crippen LogP contribution is -2.31. The van der Waals surface area contributed by atoms with Crippen LogP contribution in [0.4, 0.5) is 0 Å². The first-order valence-corrected chi connectivity index (χ1v) is 7.38. The molecule has 1 aliphatic rings. The minimum absolute atomic E-state index is 0.548. The predicted molar refractivity (Wildman–Crippen MR) is 75.2 cm³/mol. The summed E-state index contributed by atoms with van der Waals surface area (Å²) in [5.74, 6) is 1.52. The molecule has 0 bridgehead atoms. The van der Waals surface area contributed by atoms with Crippen molar-refractivity contribution in [3.05, 3.63) is 0 Å². The highest BCUT2D eigenvalue weighted by Gasteiger charge is 2.23. The van der Waals surface area contributed by atoms with E-state index in [0.717, 1.165) is 23.5 Å². The van der Waals surface area contributed by atoms with E-state index in [1.807, 2.05) is 11.8 Å². The summed E-state index contributed by atoms with van der Waals surface area (Å²) in [7, 11) is 0. The Morgan fingerprint density at radius 2 is 2.06 bits per heavy atom. The van der Waals surface area contributed by atoms with Crippen molar-refractivity contribution in [2.75, 3.05) is 6.54 Å². The molecule has 1 N–H and O–H groups in total. The summed E-state index contributed by atoms with van der Waals surface area (Å²) < 4.78 is 0. The molecule has 1 heterocycles. The molecule has 3 unspecified atom stereocenters. The smallest absolute Gasteiger partial charge is 0.157 e. The molecule has 0 aromatic heterocycles. The molecule has 0 saturated heterocycles. The lowest BCUT2D eigenvalue weighted by atomic mass is 10.0. The van der Waals surface area contributed by atoms with Gasteiger partial charge in [0.15, 0.2) is 5.17 Å². The van der Waals surface area contributed by atoms with Crippen molar-refractivity contribution in [1.82, 2.24) is 5.32 Å². The lowest BCUT2D eigenvalue weighted by molar-refractivity contribution is 0.449. The standard InChI is InChI=1S/C13H26N2S/c1-6-10(4)7-11(5)15-13-14-8-12(16-13)9(2)3/h9-12H,6-8H2,1-5H3,(H,14,15). The maximum atomic E-state index is 4.58. The molecule has 1 rings (SSSR count). The van der Waals surface area contributed by atoms with Gasteiger partial charge >= 0.3 is 0 Å². The molecule has 0 fully saturated rings. The lowest BCUT2D eigenvalue weighted by Gasteiger charge is -2.19. The zero-order valence-electron chi connectivity index (χ0n) is 11.3. The molecule has 0 spiro atoms. The van der Waals surface area contributed by atoms with Crippen molar-refractivity contribution in [1.29, 1.82) is 0 Å². The fourth-order valence-electron chi connectivity index (χ4n) is 1.86. The maximum Gasteiger partial charge on any atom is 0.157 e. The SMILES string of the molecule is CCC(C)CC(C)NC1=NCC(C(C)C)S1. The zero-order valence-corrected chi connectivity index (χ0v) is 12.1. The van der Waals surface area contributed by atoms with E-state index in [1.54, 1.807) is 0 Å². The van der Waals surface area contributed by atoms with E-state index < -0.39 is 0 Å². The second-order valence-corrected chi connectivity index (χ2v) is 6.57. The molecule has 3 atom stereocenters. The Morgan fingerprint density at radius 1 is 1.38 bits per heavy atom. The fraction of sp³-hybridized carbons (Fsp3) is 0.923. The molecular formula is C13H26N2S. The second-order valence-electron chi connectivity index (χ2n) is 5.34. The quantitative estimate of drug-likeness (QED) is 0.797. The number of nitrogens with zero attached hydrogens (tertiary/aromatic N) is 1. The van der Waals surface area contributed by atoms with E-state index in [2.05, 4.69) is 44.9 Å². The van der Waals surface area contributed by atoms with Gasteiger partial charge < -0.3 is 5.32 Å². The second kappa shape index (κ2) is 6.53. The molecule has 16 heavy (non-hydrogen) atoms. The van der Waals surface area contributed by atoms with Gasteiger partial charge in [0.25, 0.3) is 0 Å². The summed E-state index contributed by atoms with van der Waals surface area (Å²) in [6, 6.07) is 0.548. The van der Waals surface area contributed by atoms with Gasteiger partial charge in [-0.15, -0.1) is 0 Å². The number of nitrogens with one attached hydrogen (secondary N) is 1. The number of thioether (sulfide) groups is 1. The van der Waals surface area contributed by atoms with Gasteiger partial charge in [-0.1, -0.05) is 45.9 Å². The Balaban J connectivity index is 2.28. The topological polar surface area (TPSA) is 24.4 Å². The molecule has 1 aliphatic heterocycles. The normalized spacial score (nSPS) is 24.4. The van der Waals surface area contributed by atoms with Crippen LogP contribution in [0.5, 0.6) is 0 Å². The molecule has 94 valence electrons. The molecule has 0 amide bonds. The molecule has 0 aliphatic carbocycles. The van der Waals surface area contributed by atoms with Gasteiger partial charge in [-0.05, 0) is 25.2 Å². The minimum atomic E-state index is 0.548. The Labute approximate surface area is 105 Å². The maximum absolute atomic E-state index is 4.58. The van der Waals surface area contributed by atoms with Crippen LogP contribution in [0.3, 0.4) is 0 Å². The van der Waals surface area contributed by atoms with E-state index in [0.29, 0.717) is 11.3 Å². The Kier molecular flexibility index (Phi) is 5.67. The predicted octanol–water partition coefficient (Wildman–Crippen LogP) is 3.53. The van der Waals surface area contributed by atoms with Crippen molar-refractivity contribution in [3.63, 3.8) is 0 Å². The highest BCUT2D eigenvalue weighted by Crippen LogP contribution is 2.26. The van der Waals surface area contributed by atoms with Crippen LogP contribution in [0.15, 0.2) is 4.99 Å². The molecule has 3 heteroatoms. The van der Waals surface area contributed by atoms with Crippen LogP contribution in [0.25, 0.3) is 0 Å². The van der Waals surface area contributed by atoms with Crippen LogP contribution in [-0.2, 0) is 0 Å². The molecule has 0 aromatic rings. The number of rotatable bonds is 5. The van der Waals surface area contributed by atoms with Crippen LogP contribution < -0.4 is 5.32 Å². The Hall–Kier alpha value is -0.180. The fourth-order valence-corrected chi connectivity index (χ4v) is 2.98. The average molecular weight is 242 g/mol. The largest absolute Gasteiger partial charge is 0.362 e. The van der Waals surface area contributed by atoms with Gasteiger partial charge in [-0.3, -0.25) is 4.99 Å². The van der Waals surface area contributed by atoms with E-state index in [-0.39, 0.29) is 0 Å². The molecular weight excluding hydrogens is 216 g/mol. The van der Waals surface area contributed by atoms with E-state index in [4.69, 9.17) is 0 Å². The van der Waals surface area contributed by atoms with Gasteiger partial charge in [0.1, 0.15) is 0 Å². The first-order valence-electron chi connectivity index (χ1n) is 6.50. The van der Waals surface area contributed by atoms with Gasteiger partial charge in [0, 0.05) is 11.3 Å². The van der Waals surface area contributed by atoms with Crippen molar-refractivity contribution in [2.45, 2.75) is 58.8 Å². The Morgan fingerprint density at radius 3 is 2.56 bits per heavy atom. The van der Waals surface area contributed by atoms with Gasteiger partial charge in [0.2, 0.25) is 0 Å². The summed E-state index contributed by atoms with van der Waals surface area (Å²) in [6.45, 7) is 12.4. The zero-order chi connectivity index (χ0) is 12.1. The average Bonchev–Trinajstić information content (AvgIpc) is 2.65. The van der Waals surface area contributed by atoms with E-state index in [1.165, 1.54) is 12.8 Å². The molecule has 0 aromatic carbocycles. The van der Waals surface area contributed by atoms with Gasteiger partial charge in [-0.2, -0.15) is 0 Å². The third kappa shape index (κ3) is 4.36. The van der Waals surface area contributed by atoms with Gasteiger partial charge in [0.05, 0.1) is 6.54 Å². The van der Waals surface area contributed by atoms with Crippen LogP contribution in [-0.4, -0.2) is 23.0 Å². The summed E-state index contributed by atoms with van der Waals surface area (Å²) in [4.78, 5) is 4.58. The van der Waals surface area contributed by atoms with Crippen LogP contribution in [0, 0.1) is 11.8 Å². The monoisotopic (exact) mass is 242 g/mol. The van der Waals surface area contributed by atoms with E-state index in [9.17, 15) is 0 Å². The minimum Gasteiger partial charge on any atom is -0.362 e. The highest BCUT2D eigenvalue weighted by molar-refractivity contribution is 8.14. The van der Waals surface area contributed by atoms with Crippen LogP contribution in [0.1, 0.15) is 47.5 Å². The van der Waals surface area contributed by atoms with Crippen LogP contribution in [0.2, 0.25) is 0 Å². The Bertz CT molecular complexity index is 238. The first kappa shape index (κ1) is 13.9. The number of amidine groups is 1. The third-order valence-electron chi connectivity index (χ3n) is 3.24. The van der Waals surface area contributed by atoms with Crippen LogP contribution >= 0.6 is 11.8 Å². The molecule has 2 nitrogen and oxygen atoms in total.